The third kappa shape index (κ3) is 8.97. The molecule has 0 fully saturated rings. The minimum atomic E-state index is -4.06. The third-order valence-electron chi connectivity index (χ3n) is 6.76. The summed E-state index contributed by atoms with van der Waals surface area (Å²) in [5.74, 6) is -0.204. The molecule has 0 unspecified atom stereocenters. The molecule has 0 spiro atoms. The number of carbonyl (C=O) groups is 2. The SMILES string of the molecule is CCC(=O)[C@H](CCCCN(C)S(=O)(=O)c1ccccc1[N+](=O)[O-])NCC(=O)CN=C(c1ccccc1)c1ccccc1. The quantitative estimate of drug-likeness (QED) is 0.106. The molecule has 3 aromatic rings. The highest BCUT2D eigenvalue weighted by atomic mass is 32.2. The minimum absolute atomic E-state index is 0.0251. The molecule has 42 heavy (non-hydrogen) atoms. The van der Waals surface area contributed by atoms with Crippen LogP contribution in [0.5, 0.6) is 0 Å². The van der Waals surface area contributed by atoms with Crippen molar-refractivity contribution < 1.29 is 22.9 Å². The molecule has 1 N–H and O–H groups in total. The van der Waals surface area contributed by atoms with E-state index in [0.29, 0.717) is 31.4 Å². The highest BCUT2D eigenvalue weighted by Crippen LogP contribution is 2.25. The zero-order valence-corrected chi connectivity index (χ0v) is 24.6. The summed E-state index contributed by atoms with van der Waals surface area (Å²) >= 11 is 0. The Morgan fingerprint density at radius 2 is 1.50 bits per heavy atom. The van der Waals surface area contributed by atoms with Crippen molar-refractivity contribution in [2.24, 2.45) is 4.99 Å². The van der Waals surface area contributed by atoms with Crippen LogP contribution < -0.4 is 5.32 Å². The van der Waals surface area contributed by atoms with E-state index in [-0.39, 0.29) is 36.1 Å². The zero-order valence-electron chi connectivity index (χ0n) is 23.8. The lowest BCUT2D eigenvalue weighted by Gasteiger charge is -2.19. The van der Waals surface area contributed by atoms with Crippen molar-refractivity contribution in [2.75, 3.05) is 26.7 Å². The Morgan fingerprint density at radius 1 is 0.929 bits per heavy atom. The van der Waals surface area contributed by atoms with Gasteiger partial charge in [-0.1, -0.05) is 86.1 Å². The number of hydrogen-bond acceptors (Lipinski definition) is 8. The Bertz CT molecular complexity index is 1450. The number of benzene rings is 3. The van der Waals surface area contributed by atoms with Crippen LogP contribution in [0.4, 0.5) is 5.69 Å². The topological polar surface area (TPSA) is 139 Å². The van der Waals surface area contributed by atoms with Gasteiger partial charge in [-0.3, -0.25) is 24.7 Å². The molecule has 0 bridgehead atoms. The second-order valence-electron chi connectivity index (χ2n) is 9.74. The molecule has 3 rings (SSSR count). The van der Waals surface area contributed by atoms with E-state index in [0.717, 1.165) is 21.5 Å². The van der Waals surface area contributed by atoms with Crippen molar-refractivity contribution in [3.8, 4) is 0 Å². The van der Waals surface area contributed by atoms with Crippen LogP contribution in [-0.2, 0) is 19.6 Å². The summed E-state index contributed by atoms with van der Waals surface area (Å²) in [6.07, 6.45) is 1.66. The molecule has 0 radical (unpaired) electrons. The molecule has 0 saturated carbocycles. The molecule has 0 aliphatic carbocycles. The van der Waals surface area contributed by atoms with E-state index in [2.05, 4.69) is 10.3 Å². The lowest BCUT2D eigenvalue weighted by atomic mass is 10.0. The summed E-state index contributed by atoms with van der Waals surface area (Å²) in [5.41, 5.74) is 2.04. The van der Waals surface area contributed by atoms with Crippen LogP contribution in [0.1, 0.15) is 43.7 Å². The van der Waals surface area contributed by atoms with Crippen LogP contribution in [0.2, 0.25) is 0 Å². The molecule has 0 amide bonds. The van der Waals surface area contributed by atoms with Gasteiger partial charge < -0.3 is 5.32 Å². The summed E-state index contributed by atoms with van der Waals surface area (Å²) in [5, 5.41) is 14.3. The van der Waals surface area contributed by atoms with Crippen molar-refractivity contribution in [1.82, 2.24) is 9.62 Å². The van der Waals surface area contributed by atoms with Crippen molar-refractivity contribution in [3.63, 3.8) is 0 Å². The minimum Gasteiger partial charge on any atom is -0.300 e. The Hall–Kier alpha value is -4.06. The number of aliphatic imine (C=N–C) groups is 1. The average Bonchev–Trinajstić information content (AvgIpc) is 3.01. The Morgan fingerprint density at radius 3 is 2.07 bits per heavy atom. The van der Waals surface area contributed by atoms with Gasteiger partial charge in [-0.05, 0) is 18.9 Å². The highest BCUT2D eigenvalue weighted by Gasteiger charge is 2.29. The maximum absolute atomic E-state index is 12.9. The van der Waals surface area contributed by atoms with Crippen LogP contribution in [0.15, 0.2) is 94.8 Å². The second kappa shape index (κ2) is 15.8. The van der Waals surface area contributed by atoms with E-state index in [1.807, 2.05) is 60.7 Å². The number of unbranched alkanes of at least 4 members (excludes halogenated alkanes) is 1. The van der Waals surface area contributed by atoms with Gasteiger partial charge >= 0.3 is 0 Å². The Balaban J connectivity index is 1.56. The predicted molar refractivity (Wildman–Crippen MR) is 162 cm³/mol. The normalized spacial score (nSPS) is 12.1. The molecule has 0 heterocycles. The van der Waals surface area contributed by atoms with Gasteiger partial charge in [0.05, 0.1) is 29.8 Å². The first-order chi connectivity index (χ1) is 20.1. The van der Waals surface area contributed by atoms with Gasteiger partial charge in [0.25, 0.3) is 5.69 Å². The fraction of sp³-hybridized carbons (Fsp3) is 0.323. The number of nitrogens with zero attached hydrogens (tertiary/aromatic N) is 3. The third-order valence-corrected chi connectivity index (χ3v) is 8.66. The number of sulfonamides is 1. The van der Waals surface area contributed by atoms with Crippen LogP contribution in [0, 0.1) is 10.1 Å². The Labute approximate surface area is 246 Å². The molecule has 3 aromatic carbocycles. The van der Waals surface area contributed by atoms with Gasteiger partial charge in [0, 0.05) is 37.2 Å². The van der Waals surface area contributed by atoms with Crippen molar-refractivity contribution in [3.05, 3.63) is 106 Å². The number of nitro groups is 1. The molecule has 0 aromatic heterocycles. The maximum atomic E-state index is 12.9. The summed E-state index contributed by atoms with van der Waals surface area (Å²) < 4.78 is 26.9. The monoisotopic (exact) mass is 592 g/mol. The largest absolute Gasteiger partial charge is 0.300 e. The van der Waals surface area contributed by atoms with Gasteiger partial charge in [0.15, 0.2) is 10.7 Å². The number of carbonyl (C=O) groups excluding carboxylic acids is 2. The number of nitro benzene ring substituents is 1. The fourth-order valence-corrected chi connectivity index (χ4v) is 5.78. The molecule has 11 heteroatoms. The predicted octanol–water partition coefficient (Wildman–Crippen LogP) is 4.43. The smallest absolute Gasteiger partial charge is 0.289 e. The highest BCUT2D eigenvalue weighted by molar-refractivity contribution is 7.89. The number of nitrogens with one attached hydrogen (secondary N) is 1. The Kier molecular flexibility index (Phi) is 12.2. The molecular weight excluding hydrogens is 556 g/mol. The standard InChI is InChI=1S/C31H36N4O6S/c1-3-29(37)27(18-12-13-21-34(2)42(40,41)30-20-11-10-19-28(30)35(38)39)32-22-26(36)23-33-31(24-14-6-4-7-15-24)25-16-8-5-9-17-25/h4-11,14-17,19-20,27,32H,3,12-13,18,21-23H2,1-2H3/t27-/m0/s1. The van der Waals surface area contributed by atoms with E-state index < -0.39 is 26.7 Å². The van der Waals surface area contributed by atoms with Crippen LogP contribution in [0.3, 0.4) is 0 Å². The zero-order chi connectivity index (χ0) is 30.5. The van der Waals surface area contributed by atoms with Gasteiger partial charge in [0.2, 0.25) is 10.0 Å². The summed E-state index contributed by atoms with van der Waals surface area (Å²) in [6, 6.07) is 23.9. The van der Waals surface area contributed by atoms with Gasteiger partial charge in [-0.2, -0.15) is 0 Å². The van der Waals surface area contributed by atoms with Gasteiger partial charge in [-0.25, -0.2) is 12.7 Å². The number of ketones is 2. The first-order valence-electron chi connectivity index (χ1n) is 13.8. The molecule has 0 aliphatic rings. The number of rotatable bonds is 17. The van der Waals surface area contributed by atoms with Gasteiger partial charge in [-0.15, -0.1) is 0 Å². The van der Waals surface area contributed by atoms with E-state index >= 15 is 0 Å². The van der Waals surface area contributed by atoms with E-state index in [4.69, 9.17) is 0 Å². The number of Topliss-reactive ketones (excluding diaryl/α,β-unsaturated/α-hetero) is 2. The van der Waals surface area contributed by atoms with Crippen LogP contribution in [-0.4, -0.2) is 67.6 Å². The first-order valence-corrected chi connectivity index (χ1v) is 15.2. The van der Waals surface area contributed by atoms with Crippen molar-refractivity contribution in [2.45, 2.75) is 43.5 Å². The second-order valence-corrected chi connectivity index (χ2v) is 11.7. The molecule has 0 saturated heterocycles. The van der Waals surface area contributed by atoms with E-state index in [9.17, 15) is 28.1 Å². The maximum Gasteiger partial charge on any atom is 0.289 e. The molecule has 0 aliphatic heterocycles. The van der Waals surface area contributed by atoms with Gasteiger partial charge in [0.1, 0.15) is 5.78 Å². The van der Waals surface area contributed by atoms with E-state index in [1.54, 1.807) is 6.92 Å². The van der Waals surface area contributed by atoms with E-state index in [1.165, 1.54) is 25.2 Å². The average molecular weight is 593 g/mol. The fourth-order valence-electron chi connectivity index (χ4n) is 4.42. The van der Waals surface area contributed by atoms with Crippen molar-refractivity contribution in [1.29, 1.82) is 0 Å². The molecular formula is C31H36N4O6S. The summed E-state index contributed by atoms with van der Waals surface area (Å²) in [4.78, 5) is 40.1. The summed E-state index contributed by atoms with van der Waals surface area (Å²) in [7, 11) is -2.69. The number of hydrogen-bond donors (Lipinski definition) is 1. The molecule has 1 atom stereocenters. The number of para-hydroxylation sites is 1. The first kappa shape index (κ1) is 32.5. The van der Waals surface area contributed by atoms with Crippen LogP contribution in [0.25, 0.3) is 0 Å². The van der Waals surface area contributed by atoms with Crippen LogP contribution >= 0.6 is 0 Å². The van der Waals surface area contributed by atoms with Crippen molar-refractivity contribution >= 4 is 33.0 Å². The molecule has 222 valence electrons. The lowest BCUT2D eigenvalue weighted by Crippen LogP contribution is -2.40. The molecule has 10 nitrogen and oxygen atoms in total. The lowest BCUT2D eigenvalue weighted by molar-refractivity contribution is -0.387. The summed E-state index contributed by atoms with van der Waals surface area (Å²) in [6.45, 7) is 1.80.